The molecule has 0 bridgehead atoms. The Balaban J connectivity index is 2.03. The monoisotopic (exact) mass is 270 g/mol. The van der Waals surface area contributed by atoms with Crippen LogP contribution < -0.4 is 0 Å². The highest BCUT2D eigenvalue weighted by atomic mass is 16.1. The minimum Gasteiger partial charge on any atom is -0.303 e. The Morgan fingerprint density at radius 3 is 2.65 bits per heavy atom. The lowest BCUT2D eigenvalue weighted by Gasteiger charge is -2.17. The summed E-state index contributed by atoms with van der Waals surface area (Å²) in [4.78, 5) is 18.8. The molecule has 0 saturated heterocycles. The van der Waals surface area contributed by atoms with E-state index in [0.717, 1.165) is 36.1 Å². The Kier molecular flexibility index (Phi) is 5.24. The molecule has 1 heterocycles. The number of hydrogen-bond donors (Lipinski definition) is 0. The Morgan fingerprint density at radius 1 is 1.15 bits per heavy atom. The molecule has 0 amide bonds. The summed E-state index contributed by atoms with van der Waals surface area (Å²) in [5.74, 6) is 0.299. The molecule has 1 aromatic heterocycles. The molecule has 0 fully saturated rings. The standard InChI is InChI=1S/C17H22N2O/c1-3-19(4-2)12-10-15(20)13-14-9-11-18-17-8-6-5-7-16(14)17/h5-9,11H,3-4,10,12-13H2,1-2H3. The highest BCUT2D eigenvalue weighted by molar-refractivity contribution is 5.88. The largest absolute Gasteiger partial charge is 0.303 e. The maximum absolute atomic E-state index is 12.1. The fourth-order valence-electron chi connectivity index (χ4n) is 2.43. The van der Waals surface area contributed by atoms with Crippen LogP contribution in [0.1, 0.15) is 25.8 Å². The first-order valence-electron chi connectivity index (χ1n) is 7.31. The van der Waals surface area contributed by atoms with Crippen LogP contribution in [-0.4, -0.2) is 35.3 Å². The quantitative estimate of drug-likeness (QED) is 0.775. The Morgan fingerprint density at radius 2 is 1.90 bits per heavy atom. The van der Waals surface area contributed by atoms with Crippen molar-refractivity contribution in [2.24, 2.45) is 0 Å². The molecule has 0 unspecified atom stereocenters. The first-order valence-corrected chi connectivity index (χ1v) is 7.31. The van der Waals surface area contributed by atoms with Crippen LogP contribution in [0.5, 0.6) is 0 Å². The molecule has 0 aliphatic rings. The number of fused-ring (bicyclic) bond motifs is 1. The maximum Gasteiger partial charge on any atom is 0.138 e. The SMILES string of the molecule is CCN(CC)CCC(=O)Cc1ccnc2ccccc12. The van der Waals surface area contributed by atoms with Crippen molar-refractivity contribution in [2.75, 3.05) is 19.6 Å². The molecule has 0 aliphatic carbocycles. The number of Topliss-reactive ketones (excluding diaryl/α,β-unsaturated/α-hetero) is 1. The topological polar surface area (TPSA) is 33.2 Å². The Labute approximate surface area is 120 Å². The third kappa shape index (κ3) is 3.64. The van der Waals surface area contributed by atoms with E-state index in [1.54, 1.807) is 6.20 Å². The van der Waals surface area contributed by atoms with Crippen LogP contribution in [0.25, 0.3) is 10.9 Å². The Bertz CT molecular complexity index is 571. The summed E-state index contributed by atoms with van der Waals surface area (Å²) < 4.78 is 0. The molecular weight excluding hydrogens is 248 g/mol. The van der Waals surface area contributed by atoms with Gasteiger partial charge in [-0.05, 0) is 30.8 Å². The zero-order chi connectivity index (χ0) is 14.4. The van der Waals surface area contributed by atoms with Crippen LogP contribution in [0.4, 0.5) is 0 Å². The zero-order valence-corrected chi connectivity index (χ0v) is 12.3. The van der Waals surface area contributed by atoms with Crippen LogP contribution in [-0.2, 0) is 11.2 Å². The van der Waals surface area contributed by atoms with E-state index in [1.807, 2.05) is 30.3 Å². The number of rotatable bonds is 7. The molecule has 3 nitrogen and oxygen atoms in total. The minimum absolute atomic E-state index is 0.299. The lowest BCUT2D eigenvalue weighted by atomic mass is 10.0. The van der Waals surface area contributed by atoms with E-state index in [4.69, 9.17) is 0 Å². The average Bonchev–Trinajstić information content (AvgIpc) is 2.49. The number of para-hydroxylation sites is 1. The fraction of sp³-hybridized carbons (Fsp3) is 0.412. The van der Waals surface area contributed by atoms with E-state index in [9.17, 15) is 4.79 Å². The van der Waals surface area contributed by atoms with Crippen molar-refractivity contribution in [2.45, 2.75) is 26.7 Å². The second kappa shape index (κ2) is 7.15. The van der Waals surface area contributed by atoms with Gasteiger partial charge in [-0.25, -0.2) is 0 Å². The number of aromatic nitrogens is 1. The normalized spacial score (nSPS) is 11.2. The smallest absolute Gasteiger partial charge is 0.138 e. The predicted molar refractivity (Wildman–Crippen MR) is 82.9 cm³/mol. The van der Waals surface area contributed by atoms with Crippen molar-refractivity contribution in [3.63, 3.8) is 0 Å². The van der Waals surface area contributed by atoms with Gasteiger partial charge in [0.15, 0.2) is 0 Å². The molecule has 2 aromatic rings. The second-order valence-electron chi connectivity index (χ2n) is 4.98. The average molecular weight is 270 g/mol. The summed E-state index contributed by atoms with van der Waals surface area (Å²) in [5.41, 5.74) is 2.04. The number of pyridine rings is 1. The number of hydrogen-bond acceptors (Lipinski definition) is 3. The van der Waals surface area contributed by atoms with E-state index < -0.39 is 0 Å². The summed E-state index contributed by atoms with van der Waals surface area (Å²) in [6.45, 7) is 7.12. The molecule has 0 atom stereocenters. The highest BCUT2D eigenvalue weighted by Gasteiger charge is 2.09. The molecule has 20 heavy (non-hydrogen) atoms. The number of benzene rings is 1. The minimum atomic E-state index is 0.299. The third-order valence-electron chi connectivity index (χ3n) is 3.73. The fourth-order valence-corrected chi connectivity index (χ4v) is 2.43. The molecule has 2 rings (SSSR count). The number of ketones is 1. The van der Waals surface area contributed by atoms with Crippen molar-refractivity contribution < 1.29 is 4.79 Å². The lowest BCUT2D eigenvalue weighted by molar-refractivity contribution is -0.118. The molecule has 3 heteroatoms. The van der Waals surface area contributed by atoms with Gasteiger partial charge in [0.05, 0.1) is 5.52 Å². The molecule has 0 radical (unpaired) electrons. The highest BCUT2D eigenvalue weighted by Crippen LogP contribution is 2.17. The van der Waals surface area contributed by atoms with Gasteiger partial charge in [0.2, 0.25) is 0 Å². The van der Waals surface area contributed by atoms with E-state index in [1.165, 1.54) is 0 Å². The summed E-state index contributed by atoms with van der Waals surface area (Å²) in [6, 6.07) is 9.95. The Hall–Kier alpha value is -1.74. The van der Waals surface area contributed by atoms with E-state index in [0.29, 0.717) is 18.6 Å². The van der Waals surface area contributed by atoms with Crippen molar-refractivity contribution in [3.8, 4) is 0 Å². The first kappa shape index (κ1) is 14.7. The molecule has 0 aliphatic heterocycles. The van der Waals surface area contributed by atoms with Crippen LogP contribution in [0.15, 0.2) is 36.5 Å². The van der Waals surface area contributed by atoms with Crippen LogP contribution in [0.2, 0.25) is 0 Å². The third-order valence-corrected chi connectivity index (χ3v) is 3.73. The summed E-state index contributed by atoms with van der Waals surface area (Å²) >= 11 is 0. The summed E-state index contributed by atoms with van der Waals surface area (Å²) in [7, 11) is 0. The summed E-state index contributed by atoms with van der Waals surface area (Å²) in [5, 5.41) is 1.09. The van der Waals surface area contributed by atoms with E-state index >= 15 is 0 Å². The molecule has 106 valence electrons. The first-order chi connectivity index (χ1) is 9.74. The summed E-state index contributed by atoms with van der Waals surface area (Å²) in [6.07, 6.45) is 2.91. The van der Waals surface area contributed by atoms with Crippen molar-refractivity contribution in [3.05, 3.63) is 42.1 Å². The van der Waals surface area contributed by atoms with Gasteiger partial charge in [0.25, 0.3) is 0 Å². The molecule has 1 aromatic carbocycles. The van der Waals surface area contributed by atoms with Crippen LogP contribution in [0.3, 0.4) is 0 Å². The number of carbonyl (C=O) groups excluding carboxylic acids is 1. The number of carbonyl (C=O) groups is 1. The van der Waals surface area contributed by atoms with Crippen molar-refractivity contribution in [1.82, 2.24) is 9.88 Å². The second-order valence-corrected chi connectivity index (χ2v) is 4.98. The molecule has 0 N–H and O–H groups in total. The van der Waals surface area contributed by atoms with Gasteiger partial charge in [-0.1, -0.05) is 32.0 Å². The predicted octanol–water partition coefficient (Wildman–Crippen LogP) is 3.08. The van der Waals surface area contributed by atoms with E-state index in [-0.39, 0.29) is 0 Å². The molecule has 0 spiro atoms. The van der Waals surface area contributed by atoms with Gasteiger partial charge in [0, 0.05) is 31.0 Å². The van der Waals surface area contributed by atoms with Crippen molar-refractivity contribution in [1.29, 1.82) is 0 Å². The zero-order valence-electron chi connectivity index (χ0n) is 12.3. The van der Waals surface area contributed by atoms with Crippen molar-refractivity contribution >= 4 is 16.7 Å². The van der Waals surface area contributed by atoms with Gasteiger partial charge < -0.3 is 4.90 Å². The van der Waals surface area contributed by atoms with Gasteiger partial charge in [-0.15, -0.1) is 0 Å². The van der Waals surface area contributed by atoms with Gasteiger partial charge in [0.1, 0.15) is 5.78 Å². The number of nitrogens with zero attached hydrogens (tertiary/aromatic N) is 2. The maximum atomic E-state index is 12.1. The van der Waals surface area contributed by atoms with Gasteiger partial charge in [-0.2, -0.15) is 0 Å². The van der Waals surface area contributed by atoms with Crippen LogP contribution in [0, 0.1) is 0 Å². The van der Waals surface area contributed by atoms with Gasteiger partial charge in [-0.3, -0.25) is 9.78 Å². The van der Waals surface area contributed by atoms with Gasteiger partial charge >= 0.3 is 0 Å². The van der Waals surface area contributed by atoms with Crippen LogP contribution >= 0.6 is 0 Å². The lowest BCUT2D eigenvalue weighted by Crippen LogP contribution is -2.26. The van der Waals surface area contributed by atoms with E-state index in [2.05, 4.69) is 23.7 Å². The molecule has 0 saturated carbocycles. The molecular formula is C17H22N2O.